The summed E-state index contributed by atoms with van der Waals surface area (Å²) in [5, 5.41) is 5.06. The first-order valence-corrected chi connectivity index (χ1v) is 6.05. The summed E-state index contributed by atoms with van der Waals surface area (Å²) in [6.07, 6.45) is 0. The second-order valence-electron chi connectivity index (χ2n) is 2.96. The molecule has 1 N–H and O–H groups in total. The summed E-state index contributed by atoms with van der Waals surface area (Å²) in [6.45, 7) is 0.616. The molecule has 0 radical (unpaired) electrons. The zero-order valence-electron chi connectivity index (χ0n) is 7.71. The van der Waals surface area contributed by atoms with Crippen molar-refractivity contribution >= 4 is 33.0 Å². The Labute approximate surface area is 99.3 Å². The summed E-state index contributed by atoms with van der Waals surface area (Å²) in [7, 11) is 0. The van der Waals surface area contributed by atoms with E-state index in [4.69, 9.17) is 0 Å². The monoisotopic (exact) mass is 286 g/mol. The SMILES string of the molecule is Fc1cc(NCc2cscn2)ccc1Br. The fourth-order valence-corrected chi connectivity index (χ4v) is 1.93. The van der Waals surface area contributed by atoms with Gasteiger partial charge < -0.3 is 5.32 Å². The minimum absolute atomic E-state index is 0.265. The van der Waals surface area contributed by atoms with Crippen molar-refractivity contribution in [2.45, 2.75) is 6.54 Å². The molecule has 2 rings (SSSR count). The topological polar surface area (TPSA) is 24.9 Å². The molecule has 78 valence electrons. The molecule has 0 atom stereocenters. The molecular weight excluding hydrogens is 279 g/mol. The summed E-state index contributed by atoms with van der Waals surface area (Å²) < 4.78 is 13.6. The van der Waals surface area contributed by atoms with Crippen LogP contribution in [-0.2, 0) is 6.54 Å². The van der Waals surface area contributed by atoms with Gasteiger partial charge in [-0.3, -0.25) is 0 Å². The van der Waals surface area contributed by atoms with Crippen LogP contribution in [0.5, 0.6) is 0 Å². The molecule has 0 saturated heterocycles. The van der Waals surface area contributed by atoms with Gasteiger partial charge >= 0.3 is 0 Å². The van der Waals surface area contributed by atoms with Gasteiger partial charge in [0.05, 0.1) is 22.2 Å². The smallest absolute Gasteiger partial charge is 0.139 e. The van der Waals surface area contributed by atoms with Gasteiger partial charge in [-0.25, -0.2) is 9.37 Å². The van der Waals surface area contributed by atoms with E-state index >= 15 is 0 Å². The number of nitrogens with one attached hydrogen (secondary N) is 1. The highest BCUT2D eigenvalue weighted by atomic mass is 79.9. The Balaban J connectivity index is 2.02. The van der Waals surface area contributed by atoms with Crippen molar-refractivity contribution in [2.75, 3.05) is 5.32 Å². The number of hydrogen-bond donors (Lipinski definition) is 1. The standard InChI is InChI=1S/C10H8BrFN2S/c11-9-2-1-7(3-10(9)12)13-4-8-5-15-6-14-8/h1-3,5-6,13H,4H2. The zero-order valence-corrected chi connectivity index (χ0v) is 10.1. The molecule has 15 heavy (non-hydrogen) atoms. The van der Waals surface area contributed by atoms with E-state index in [-0.39, 0.29) is 5.82 Å². The number of thiazole rings is 1. The van der Waals surface area contributed by atoms with Gasteiger partial charge in [0.15, 0.2) is 0 Å². The average molecular weight is 287 g/mol. The lowest BCUT2D eigenvalue weighted by atomic mass is 10.3. The van der Waals surface area contributed by atoms with E-state index in [1.165, 1.54) is 6.07 Å². The van der Waals surface area contributed by atoms with Crippen molar-refractivity contribution < 1.29 is 4.39 Å². The van der Waals surface area contributed by atoms with Gasteiger partial charge in [0.2, 0.25) is 0 Å². The van der Waals surface area contributed by atoms with E-state index in [0.717, 1.165) is 11.4 Å². The molecular formula is C10H8BrFN2S. The Morgan fingerprint density at radius 1 is 1.47 bits per heavy atom. The van der Waals surface area contributed by atoms with Crippen LogP contribution in [-0.4, -0.2) is 4.98 Å². The summed E-state index contributed by atoms with van der Waals surface area (Å²) in [4.78, 5) is 4.12. The van der Waals surface area contributed by atoms with E-state index in [2.05, 4.69) is 26.2 Å². The highest BCUT2D eigenvalue weighted by Gasteiger charge is 2.00. The van der Waals surface area contributed by atoms with E-state index in [1.807, 2.05) is 11.4 Å². The molecule has 0 bridgehead atoms. The number of halogens is 2. The van der Waals surface area contributed by atoms with Crippen LogP contribution in [0.2, 0.25) is 0 Å². The number of anilines is 1. The van der Waals surface area contributed by atoms with Gasteiger partial charge in [0, 0.05) is 11.1 Å². The van der Waals surface area contributed by atoms with E-state index in [9.17, 15) is 4.39 Å². The van der Waals surface area contributed by atoms with Gasteiger partial charge in [0.1, 0.15) is 5.82 Å². The lowest BCUT2D eigenvalue weighted by molar-refractivity contribution is 0.621. The first kappa shape index (κ1) is 10.6. The van der Waals surface area contributed by atoms with Gasteiger partial charge in [-0.1, -0.05) is 0 Å². The normalized spacial score (nSPS) is 10.3. The Bertz CT molecular complexity index is 445. The quantitative estimate of drug-likeness (QED) is 0.932. The molecule has 0 saturated carbocycles. The van der Waals surface area contributed by atoms with Crippen LogP contribution in [0, 0.1) is 5.82 Å². The van der Waals surface area contributed by atoms with Gasteiger partial charge in [-0.2, -0.15) is 0 Å². The third kappa shape index (κ3) is 2.76. The maximum absolute atomic E-state index is 13.1. The van der Waals surface area contributed by atoms with Crippen LogP contribution in [0.25, 0.3) is 0 Å². The van der Waals surface area contributed by atoms with E-state index in [1.54, 1.807) is 22.9 Å². The molecule has 1 aromatic carbocycles. The van der Waals surface area contributed by atoms with Crippen LogP contribution in [0.1, 0.15) is 5.69 Å². The van der Waals surface area contributed by atoms with Crippen LogP contribution < -0.4 is 5.32 Å². The fourth-order valence-electron chi connectivity index (χ4n) is 1.12. The minimum Gasteiger partial charge on any atom is -0.379 e. The molecule has 1 heterocycles. The summed E-state index contributed by atoms with van der Waals surface area (Å²) in [5.74, 6) is -0.265. The molecule has 0 unspecified atom stereocenters. The van der Waals surface area contributed by atoms with Crippen molar-refractivity contribution in [3.63, 3.8) is 0 Å². The molecule has 2 nitrogen and oxygen atoms in total. The van der Waals surface area contributed by atoms with Gasteiger partial charge in [-0.05, 0) is 34.1 Å². The summed E-state index contributed by atoms with van der Waals surface area (Å²) >= 11 is 4.65. The predicted molar refractivity (Wildman–Crippen MR) is 63.5 cm³/mol. The van der Waals surface area contributed by atoms with Crippen LogP contribution in [0.15, 0.2) is 33.6 Å². The summed E-state index contributed by atoms with van der Waals surface area (Å²) in [5.41, 5.74) is 3.49. The molecule has 0 amide bonds. The van der Waals surface area contributed by atoms with E-state index < -0.39 is 0 Å². The zero-order chi connectivity index (χ0) is 10.7. The number of rotatable bonds is 3. The van der Waals surface area contributed by atoms with Crippen molar-refractivity contribution in [2.24, 2.45) is 0 Å². The maximum atomic E-state index is 13.1. The Morgan fingerprint density at radius 2 is 2.33 bits per heavy atom. The second kappa shape index (κ2) is 4.72. The lowest BCUT2D eigenvalue weighted by Crippen LogP contribution is -1.99. The number of hydrogen-bond acceptors (Lipinski definition) is 3. The van der Waals surface area contributed by atoms with Crippen LogP contribution in [0.4, 0.5) is 10.1 Å². The van der Waals surface area contributed by atoms with Crippen LogP contribution in [0.3, 0.4) is 0 Å². The number of benzene rings is 1. The molecule has 0 aliphatic carbocycles. The first-order valence-electron chi connectivity index (χ1n) is 4.31. The molecule has 0 aliphatic rings. The number of nitrogens with zero attached hydrogens (tertiary/aromatic N) is 1. The highest BCUT2D eigenvalue weighted by molar-refractivity contribution is 9.10. The molecule has 5 heteroatoms. The van der Waals surface area contributed by atoms with Gasteiger partial charge in [-0.15, -0.1) is 11.3 Å². The highest BCUT2D eigenvalue weighted by Crippen LogP contribution is 2.19. The maximum Gasteiger partial charge on any atom is 0.139 e. The molecule has 1 aromatic heterocycles. The molecule has 2 aromatic rings. The lowest BCUT2D eigenvalue weighted by Gasteiger charge is -2.04. The third-order valence-corrected chi connectivity index (χ3v) is 3.16. The minimum atomic E-state index is -0.265. The van der Waals surface area contributed by atoms with Crippen molar-refractivity contribution in [3.8, 4) is 0 Å². The Hall–Kier alpha value is -0.940. The largest absolute Gasteiger partial charge is 0.379 e. The van der Waals surface area contributed by atoms with Crippen molar-refractivity contribution in [1.29, 1.82) is 0 Å². The third-order valence-electron chi connectivity index (χ3n) is 1.88. The van der Waals surface area contributed by atoms with Crippen molar-refractivity contribution in [3.05, 3.63) is 45.1 Å². The van der Waals surface area contributed by atoms with Crippen molar-refractivity contribution in [1.82, 2.24) is 4.98 Å². The molecule has 0 spiro atoms. The molecule has 0 aliphatic heterocycles. The fraction of sp³-hybridized carbons (Fsp3) is 0.100. The average Bonchev–Trinajstić information content (AvgIpc) is 2.73. The summed E-state index contributed by atoms with van der Waals surface area (Å²) in [6, 6.07) is 4.95. The Kier molecular flexibility index (Phi) is 3.33. The number of aromatic nitrogens is 1. The van der Waals surface area contributed by atoms with Crippen LogP contribution >= 0.6 is 27.3 Å². The Morgan fingerprint density at radius 3 is 3.00 bits per heavy atom. The molecule has 0 fully saturated rings. The predicted octanol–water partition coefficient (Wildman–Crippen LogP) is 3.66. The second-order valence-corrected chi connectivity index (χ2v) is 4.54. The first-order chi connectivity index (χ1) is 7.25. The van der Waals surface area contributed by atoms with Gasteiger partial charge in [0.25, 0.3) is 0 Å². The van der Waals surface area contributed by atoms with E-state index in [0.29, 0.717) is 11.0 Å².